The Morgan fingerprint density at radius 3 is 2.48 bits per heavy atom. The minimum atomic E-state index is -0.513. The number of carbonyl (C=O) groups excluding carboxylic acids is 2. The second kappa shape index (κ2) is 13.4. The van der Waals surface area contributed by atoms with Crippen LogP contribution in [0.3, 0.4) is 0 Å². The van der Waals surface area contributed by atoms with Gasteiger partial charge in [0.25, 0.3) is 0 Å². The van der Waals surface area contributed by atoms with E-state index in [-0.39, 0.29) is 18.4 Å². The number of methoxy groups -OCH3 is 1. The fraction of sp³-hybridized carbons (Fsp3) is 0.500. The Morgan fingerprint density at radius 1 is 1.23 bits per heavy atom. The van der Waals surface area contributed by atoms with Gasteiger partial charge in [-0.3, -0.25) is 4.79 Å². The van der Waals surface area contributed by atoms with Crippen LogP contribution in [0.5, 0.6) is 5.75 Å². The quantitative estimate of drug-likeness (QED) is 0.360. The maximum absolute atomic E-state index is 12.5. The molecule has 0 spiro atoms. The summed E-state index contributed by atoms with van der Waals surface area (Å²) in [5, 5.41) is 11.8. The van der Waals surface area contributed by atoms with Crippen LogP contribution in [-0.2, 0) is 25.5 Å². The summed E-state index contributed by atoms with van der Waals surface area (Å²) in [5.74, 6) is 0.412. The maximum atomic E-state index is 12.5. The van der Waals surface area contributed by atoms with E-state index >= 15 is 0 Å². The van der Waals surface area contributed by atoms with Gasteiger partial charge >= 0.3 is 5.97 Å². The van der Waals surface area contributed by atoms with Gasteiger partial charge in [0.05, 0.1) is 19.1 Å². The highest BCUT2D eigenvalue weighted by atomic mass is 16.6. The standard InChI is InChI=1S/C24H35NO6/c1-6-24(3,4)31-22(27)17-30-21-11-9-19(10-12-21)16-20(8-7-15-26)23(28)25-14-13-18(2)29-5/h7,9-13,15,20,26H,6,8,14,16-17H2,1-5H3,(H,25,28)/b15-7+,18-13+. The molecule has 1 atom stereocenters. The topological polar surface area (TPSA) is 94.1 Å². The number of hydrogen-bond acceptors (Lipinski definition) is 6. The lowest BCUT2D eigenvalue weighted by Gasteiger charge is -2.23. The Balaban J connectivity index is 2.65. The Kier molecular flexibility index (Phi) is 11.2. The molecule has 0 bridgehead atoms. The Morgan fingerprint density at radius 2 is 1.90 bits per heavy atom. The minimum Gasteiger partial charge on any atom is -0.516 e. The van der Waals surface area contributed by atoms with Gasteiger partial charge in [0.2, 0.25) is 5.91 Å². The summed E-state index contributed by atoms with van der Waals surface area (Å²) >= 11 is 0. The first-order valence-corrected chi connectivity index (χ1v) is 10.4. The lowest BCUT2D eigenvalue weighted by Crippen LogP contribution is -2.32. The van der Waals surface area contributed by atoms with Crippen molar-refractivity contribution in [2.45, 2.75) is 52.6 Å². The van der Waals surface area contributed by atoms with E-state index in [1.165, 1.54) is 0 Å². The van der Waals surface area contributed by atoms with E-state index in [4.69, 9.17) is 19.3 Å². The van der Waals surface area contributed by atoms with E-state index in [1.54, 1.807) is 31.4 Å². The molecule has 0 aromatic heterocycles. The van der Waals surface area contributed by atoms with Crippen LogP contribution < -0.4 is 10.1 Å². The first-order chi connectivity index (χ1) is 14.7. The molecule has 1 rings (SSSR count). The molecule has 0 fully saturated rings. The molecule has 0 aliphatic carbocycles. The van der Waals surface area contributed by atoms with Crippen LogP contribution in [0.4, 0.5) is 0 Å². The highest BCUT2D eigenvalue weighted by Crippen LogP contribution is 2.18. The van der Waals surface area contributed by atoms with Gasteiger partial charge in [0, 0.05) is 12.5 Å². The molecule has 1 aromatic carbocycles. The number of nitrogens with one attached hydrogen (secondary N) is 1. The van der Waals surface area contributed by atoms with E-state index in [2.05, 4.69) is 5.32 Å². The number of aliphatic hydroxyl groups excluding tert-OH is 1. The van der Waals surface area contributed by atoms with Crippen LogP contribution in [0, 0.1) is 5.92 Å². The summed E-state index contributed by atoms with van der Waals surface area (Å²) in [7, 11) is 1.57. The van der Waals surface area contributed by atoms with Crippen molar-refractivity contribution >= 4 is 11.9 Å². The van der Waals surface area contributed by atoms with Crippen LogP contribution in [0.15, 0.2) is 48.4 Å². The van der Waals surface area contributed by atoms with E-state index in [1.807, 2.05) is 39.8 Å². The first-order valence-electron chi connectivity index (χ1n) is 10.4. The number of aliphatic hydroxyl groups is 1. The molecule has 0 heterocycles. The van der Waals surface area contributed by atoms with Gasteiger partial charge in [0.1, 0.15) is 11.4 Å². The van der Waals surface area contributed by atoms with Crippen LogP contribution in [0.1, 0.15) is 46.1 Å². The predicted octanol–water partition coefficient (Wildman–Crippen LogP) is 4.08. The van der Waals surface area contributed by atoms with Crippen molar-refractivity contribution in [1.82, 2.24) is 5.32 Å². The number of amides is 1. The molecule has 2 N–H and O–H groups in total. The SMILES string of the molecule is CCC(C)(C)OC(=O)COc1ccc(CC(C/C=C/O)C(=O)NC/C=C(\C)OC)cc1. The average molecular weight is 434 g/mol. The molecule has 0 aliphatic heterocycles. The lowest BCUT2D eigenvalue weighted by atomic mass is 9.95. The molecule has 172 valence electrons. The summed E-state index contributed by atoms with van der Waals surface area (Å²) in [4.78, 5) is 24.4. The summed E-state index contributed by atoms with van der Waals surface area (Å²) in [6.45, 7) is 7.68. The lowest BCUT2D eigenvalue weighted by molar-refractivity contribution is -0.159. The van der Waals surface area contributed by atoms with Crippen molar-refractivity contribution in [3.05, 3.63) is 54.0 Å². The number of hydrogen-bond donors (Lipinski definition) is 2. The molecule has 0 saturated carbocycles. The average Bonchev–Trinajstić information content (AvgIpc) is 2.75. The molecule has 0 aliphatic rings. The smallest absolute Gasteiger partial charge is 0.344 e. The van der Waals surface area contributed by atoms with E-state index < -0.39 is 11.6 Å². The molecular formula is C24H35NO6. The fourth-order valence-electron chi connectivity index (χ4n) is 2.59. The third-order valence-corrected chi connectivity index (χ3v) is 4.89. The molecule has 31 heavy (non-hydrogen) atoms. The van der Waals surface area contributed by atoms with Gasteiger partial charge < -0.3 is 24.6 Å². The van der Waals surface area contributed by atoms with E-state index in [0.29, 0.717) is 25.1 Å². The second-order valence-corrected chi connectivity index (χ2v) is 7.81. The van der Waals surface area contributed by atoms with Crippen LogP contribution in [-0.4, -0.2) is 42.8 Å². The highest BCUT2D eigenvalue weighted by Gasteiger charge is 2.21. The number of ether oxygens (including phenoxy) is 3. The molecule has 0 radical (unpaired) electrons. The van der Waals surface area contributed by atoms with Crippen molar-refractivity contribution in [2.75, 3.05) is 20.3 Å². The largest absolute Gasteiger partial charge is 0.516 e. The molecule has 1 unspecified atom stereocenters. The Labute approximate surface area is 185 Å². The number of rotatable bonds is 13. The third kappa shape index (κ3) is 10.6. The van der Waals surface area contributed by atoms with Gasteiger partial charge in [-0.15, -0.1) is 0 Å². The van der Waals surface area contributed by atoms with Crippen molar-refractivity contribution in [1.29, 1.82) is 0 Å². The molecule has 7 heteroatoms. The molecule has 1 aromatic rings. The molecular weight excluding hydrogens is 398 g/mol. The summed E-state index contributed by atoms with van der Waals surface area (Å²) in [5.41, 5.74) is 0.429. The van der Waals surface area contributed by atoms with Crippen molar-refractivity contribution in [3.8, 4) is 5.75 Å². The van der Waals surface area contributed by atoms with Gasteiger partial charge in [-0.2, -0.15) is 0 Å². The van der Waals surface area contributed by atoms with E-state index in [0.717, 1.165) is 24.0 Å². The van der Waals surface area contributed by atoms with Crippen LogP contribution in [0.2, 0.25) is 0 Å². The molecule has 0 saturated heterocycles. The van der Waals surface area contributed by atoms with Crippen molar-refractivity contribution in [2.24, 2.45) is 5.92 Å². The number of benzene rings is 1. The third-order valence-electron chi connectivity index (χ3n) is 4.89. The summed E-state index contributed by atoms with van der Waals surface area (Å²) < 4.78 is 15.9. The second-order valence-electron chi connectivity index (χ2n) is 7.81. The number of esters is 1. The van der Waals surface area contributed by atoms with Gasteiger partial charge in [-0.25, -0.2) is 4.79 Å². The van der Waals surface area contributed by atoms with Crippen molar-refractivity contribution in [3.63, 3.8) is 0 Å². The first kappa shape index (κ1) is 26.1. The Bertz CT molecular complexity index is 752. The number of allylic oxidation sites excluding steroid dienone is 2. The van der Waals surface area contributed by atoms with Crippen LogP contribution in [0.25, 0.3) is 0 Å². The van der Waals surface area contributed by atoms with Gasteiger partial charge in [0.15, 0.2) is 6.61 Å². The number of carbonyl (C=O) groups is 2. The zero-order valence-electron chi connectivity index (χ0n) is 19.1. The minimum absolute atomic E-state index is 0.111. The van der Waals surface area contributed by atoms with Crippen LogP contribution >= 0.6 is 0 Å². The summed E-state index contributed by atoms with van der Waals surface area (Å²) in [6.07, 6.45) is 5.92. The predicted molar refractivity (Wildman–Crippen MR) is 120 cm³/mol. The van der Waals surface area contributed by atoms with Gasteiger partial charge in [-0.1, -0.05) is 19.1 Å². The monoisotopic (exact) mass is 433 g/mol. The maximum Gasteiger partial charge on any atom is 0.344 e. The van der Waals surface area contributed by atoms with Crippen molar-refractivity contribution < 1.29 is 28.9 Å². The molecule has 1 amide bonds. The van der Waals surface area contributed by atoms with Gasteiger partial charge in [-0.05, 0) is 69.9 Å². The zero-order chi connectivity index (χ0) is 23.3. The normalized spacial score (nSPS) is 13.0. The fourth-order valence-corrected chi connectivity index (χ4v) is 2.59. The molecule has 7 nitrogen and oxygen atoms in total. The summed E-state index contributed by atoms with van der Waals surface area (Å²) in [6, 6.07) is 7.23. The Hall–Kier alpha value is -2.96. The van der Waals surface area contributed by atoms with E-state index in [9.17, 15) is 9.59 Å². The zero-order valence-corrected chi connectivity index (χ0v) is 19.1. The highest BCUT2D eigenvalue weighted by molar-refractivity contribution is 5.79.